The number of hydrogen-bond acceptors (Lipinski definition) is 2. The summed E-state index contributed by atoms with van der Waals surface area (Å²) in [7, 11) is 0. The Labute approximate surface area is 184 Å². The van der Waals surface area contributed by atoms with Gasteiger partial charge in [0.05, 0.1) is 0 Å². The van der Waals surface area contributed by atoms with Crippen molar-refractivity contribution in [3.05, 3.63) is 98.1 Å². The molecule has 4 heterocycles. The molecule has 156 valence electrons. The van der Waals surface area contributed by atoms with Crippen molar-refractivity contribution in [2.45, 2.75) is 45.2 Å². The number of pyridine rings is 4. The predicted octanol–water partition coefficient (Wildman–Crippen LogP) is 5.04. The van der Waals surface area contributed by atoms with Gasteiger partial charge >= 0.3 is 0 Å². The fraction of sp³-hybridized carbons (Fsp3) is 0.259. The highest BCUT2D eigenvalue weighted by atomic mass is 14.9. The summed E-state index contributed by atoms with van der Waals surface area (Å²) in [6.45, 7) is 2.17. The van der Waals surface area contributed by atoms with Crippen molar-refractivity contribution in [2.24, 2.45) is 0 Å². The van der Waals surface area contributed by atoms with E-state index < -0.39 is 0 Å². The van der Waals surface area contributed by atoms with Crippen molar-refractivity contribution in [3.63, 3.8) is 0 Å². The van der Waals surface area contributed by atoms with Crippen LogP contribution in [0.15, 0.2) is 98.1 Å². The minimum absolute atomic E-state index is 1.09. The summed E-state index contributed by atoms with van der Waals surface area (Å²) in [6, 6.07) is 16.9. The Morgan fingerprint density at radius 2 is 0.742 bits per heavy atom. The minimum Gasteiger partial charge on any atom is -0.265 e. The van der Waals surface area contributed by atoms with Gasteiger partial charge in [0.1, 0.15) is 13.1 Å². The van der Waals surface area contributed by atoms with E-state index in [1.54, 1.807) is 0 Å². The Balaban J connectivity index is 1.11. The largest absolute Gasteiger partial charge is 0.265 e. The van der Waals surface area contributed by atoms with Crippen molar-refractivity contribution in [2.75, 3.05) is 0 Å². The minimum atomic E-state index is 1.09. The third-order valence-corrected chi connectivity index (χ3v) is 5.64. The van der Waals surface area contributed by atoms with Gasteiger partial charge in [0.25, 0.3) is 0 Å². The van der Waals surface area contributed by atoms with Gasteiger partial charge in [-0.05, 0) is 59.4 Å². The molecule has 0 spiro atoms. The van der Waals surface area contributed by atoms with Crippen molar-refractivity contribution >= 4 is 0 Å². The van der Waals surface area contributed by atoms with E-state index in [9.17, 15) is 0 Å². The quantitative estimate of drug-likeness (QED) is 0.271. The molecular formula is C27H30N4+2. The molecule has 0 saturated heterocycles. The van der Waals surface area contributed by atoms with Gasteiger partial charge in [-0.1, -0.05) is 6.42 Å². The molecule has 0 aliphatic rings. The molecule has 0 amide bonds. The maximum absolute atomic E-state index is 4.08. The van der Waals surface area contributed by atoms with Gasteiger partial charge in [-0.25, -0.2) is 9.13 Å². The Kier molecular flexibility index (Phi) is 7.48. The van der Waals surface area contributed by atoms with Gasteiger partial charge in [-0.15, -0.1) is 0 Å². The molecule has 0 aliphatic heterocycles. The molecule has 0 N–H and O–H groups in total. The molecule has 4 rings (SSSR count). The standard InChI is InChI=1S/C27H30N4/c1(2-4-18-30-20-10-26(11-21-30)24-6-14-28-15-7-24)3-5-19-31-22-12-27(13-23-31)25-8-16-29-17-9-25/h6-17,20-23H,1-5,18-19H2/q+2. The van der Waals surface area contributed by atoms with Crippen molar-refractivity contribution in [1.29, 1.82) is 0 Å². The van der Waals surface area contributed by atoms with Crippen LogP contribution in [0.25, 0.3) is 22.3 Å². The summed E-state index contributed by atoms with van der Waals surface area (Å²) in [5, 5.41) is 0. The average Bonchev–Trinajstić information content (AvgIpc) is 2.85. The SMILES string of the molecule is c1cc(-c2cc[n+](CCCCCCC[n+]3ccc(-c4ccncc4)cc3)cc2)ccn1. The number of hydrogen-bond donors (Lipinski definition) is 0. The van der Waals surface area contributed by atoms with Crippen LogP contribution < -0.4 is 9.13 Å². The van der Waals surface area contributed by atoms with Crippen molar-refractivity contribution in [3.8, 4) is 22.3 Å². The lowest BCUT2D eigenvalue weighted by molar-refractivity contribution is -0.697. The van der Waals surface area contributed by atoms with Gasteiger partial charge in [-0.3, -0.25) is 9.97 Å². The molecule has 4 aromatic rings. The molecule has 0 atom stereocenters. The molecule has 4 heteroatoms. The first kappa shape index (κ1) is 20.9. The predicted molar refractivity (Wildman–Crippen MR) is 123 cm³/mol. The highest BCUT2D eigenvalue weighted by molar-refractivity contribution is 5.61. The average molecular weight is 411 g/mol. The van der Waals surface area contributed by atoms with E-state index in [2.05, 4.69) is 68.2 Å². The van der Waals surface area contributed by atoms with Gasteiger partial charge in [-0.2, -0.15) is 0 Å². The van der Waals surface area contributed by atoms with E-state index in [4.69, 9.17) is 0 Å². The lowest BCUT2D eigenvalue weighted by Gasteiger charge is -2.02. The molecule has 0 unspecified atom stereocenters. The number of unbranched alkanes of at least 4 members (excludes halogenated alkanes) is 4. The molecule has 4 nitrogen and oxygen atoms in total. The number of rotatable bonds is 10. The molecular weight excluding hydrogens is 380 g/mol. The third kappa shape index (κ3) is 6.29. The van der Waals surface area contributed by atoms with Gasteiger partial charge in [0.2, 0.25) is 0 Å². The monoisotopic (exact) mass is 410 g/mol. The number of aromatic nitrogens is 4. The molecule has 4 aromatic heterocycles. The lowest BCUT2D eigenvalue weighted by atomic mass is 10.1. The Morgan fingerprint density at radius 3 is 1.13 bits per heavy atom. The van der Waals surface area contributed by atoms with Gasteiger partial charge < -0.3 is 0 Å². The summed E-state index contributed by atoms with van der Waals surface area (Å²) in [5.74, 6) is 0. The summed E-state index contributed by atoms with van der Waals surface area (Å²) in [4.78, 5) is 8.17. The Morgan fingerprint density at radius 1 is 0.419 bits per heavy atom. The maximum atomic E-state index is 4.08. The Bertz CT molecular complexity index is 943. The van der Waals surface area contributed by atoms with Crippen LogP contribution >= 0.6 is 0 Å². The first-order chi connectivity index (χ1) is 15.4. The van der Waals surface area contributed by atoms with Crippen LogP contribution in [0, 0.1) is 0 Å². The van der Waals surface area contributed by atoms with Crippen LogP contribution in [0.1, 0.15) is 32.1 Å². The van der Waals surface area contributed by atoms with Gasteiger partial charge in [0, 0.05) is 61.9 Å². The van der Waals surface area contributed by atoms with Crippen LogP contribution in [-0.2, 0) is 13.1 Å². The zero-order valence-electron chi connectivity index (χ0n) is 18.0. The molecule has 0 aliphatic carbocycles. The first-order valence-electron chi connectivity index (χ1n) is 11.2. The summed E-state index contributed by atoms with van der Waals surface area (Å²) in [6.07, 6.45) is 22.4. The lowest BCUT2D eigenvalue weighted by Crippen LogP contribution is -2.32. The summed E-state index contributed by atoms with van der Waals surface area (Å²) < 4.78 is 4.57. The van der Waals surface area contributed by atoms with Crippen LogP contribution in [0.3, 0.4) is 0 Å². The number of aryl methyl sites for hydroxylation is 2. The van der Waals surface area contributed by atoms with E-state index >= 15 is 0 Å². The van der Waals surface area contributed by atoms with E-state index in [0.717, 1.165) is 13.1 Å². The van der Waals surface area contributed by atoms with Crippen LogP contribution in [-0.4, -0.2) is 9.97 Å². The number of nitrogens with zero attached hydrogens (tertiary/aromatic N) is 4. The molecule has 31 heavy (non-hydrogen) atoms. The van der Waals surface area contributed by atoms with Crippen molar-refractivity contribution in [1.82, 2.24) is 9.97 Å². The van der Waals surface area contributed by atoms with E-state index in [1.807, 2.05) is 49.1 Å². The van der Waals surface area contributed by atoms with Crippen LogP contribution in [0.2, 0.25) is 0 Å². The second-order valence-corrected chi connectivity index (χ2v) is 7.89. The molecule has 0 bridgehead atoms. The van der Waals surface area contributed by atoms with Crippen molar-refractivity contribution < 1.29 is 9.13 Å². The zero-order chi connectivity index (χ0) is 21.1. The maximum Gasteiger partial charge on any atom is 0.169 e. The zero-order valence-corrected chi connectivity index (χ0v) is 18.0. The smallest absolute Gasteiger partial charge is 0.169 e. The fourth-order valence-corrected chi connectivity index (χ4v) is 3.81. The fourth-order valence-electron chi connectivity index (χ4n) is 3.81. The Hall–Kier alpha value is -3.40. The molecule has 0 aromatic carbocycles. The molecule has 0 fully saturated rings. The van der Waals surface area contributed by atoms with Gasteiger partial charge in [0.15, 0.2) is 24.8 Å². The summed E-state index contributed by atoms with van der Waals surface area (Å²) >= 11 is 0. The molecule has 0 radical (unpaired) electrons. The van der Waals surface area contributed by atoms with E-state index in [-0.39, 0.29) is 0 Å². The highest BCUT2D eigenvalue weighted by Gasteiger charge is 2.05. The highest BCUT2D eigenvalue weighted by Crippen LogP contribution is 2.16. The topological polar surface area (TPSA) is 33.5 Å². The van der Waals surface area contributed by atoms with Crippen LogP contribution in [0.4, 0.5) is 0 Å². The normalized spacial score (nSPS) is 10.8. The van der Waals surface area contributed by atoms with E-state index in [1.165, 1.54) is 54.4 Å². The first-order valence-corrected chi connectivity index (χ1v) is 11.2. The summed E-state index contributed by atoms with van der Waals surface area (Å²) in [5.41, 5.74) is 4.91. The third-order valence-electron chi connectivity index (χ3n) is 5.64. The second-order valence-electron chi connectivity index (χ2n) is 7.89. The molecule has 0 saturated carbocycles. The van der Waals surface area contributed by atoms with E-state index in [0.29, 0.717) is 0 Å². The second kappa shape index (κ2) is 11.1. The van der Waals surface area contributed by atoms with Crippen LogP contribution in [0.5, 0.6) is 0 Å².